The van der Waals surface area contributed by atoms with E-state index >= 15 is 0 Å². The molecule has 0 aliphatic carbocycles. The molecule has 0 amide bonds. The zero-order chi connectivity index (χ0) is 9.70. The molecule has 72 valence electrons. The minimum atomic E-state index is -0.750. The van der Waals surface area contributed by atoms with Gasteiger partial charge in [0.2, 0.25) is 0 Å². The standard InChI is InChI=1S/C4H10O.CHCl3.CH4O/c1-2-3-4-5;2-1(3)4;1-2/h5H,2-4H2,1H3;1H;2H,1H3. The van der Waals surface area contributed by atoms with Crippen molar-refractivity contribution in [1.29, 1.82) is 0 Å². The van der Waals surface area contributed by atoms with Crippen molar-refractivity contribution >= 4 is 34.8 Å². The van der Waals surface area contributed by atoms with E-state index in [0.29, 0.717) is 6.61 Å². The molecule has 0 aromatic rings. The van der Waals surface area contributed by atoms with E-state index in [-0.39, 0.29) is 0 Å². The van der Waals surface area contributed by atoms with Crippen LogP contribution in [-0.2, 0) is 0 Å². The summed E-state index contributed by atoms with van der Waals surface area (Å²) in [6.45, 7) is 2.40. The molecule has 0 heterocycles. The first kappa shape index (κ1) is 17.8. The Morgan fingerprint density at radius 2 is 1.45 bits per heavy atom. The molecule has 5 heteroatoms. The number of unbranched alkanes of at least 4 members (excludes halogenated alkanes) is 1. The van der Waals surface area contributed by atoms with E-state index < -0.39 is 4.30 Å². The maximum atomic E-state index is 8.07. The largest absolute Gasteiger partial charge is 0.400 e. The van der Waals surface area contributed by atoms with Crippen molar-refractivity contribution in [3.63, 3.8) is 0 Å². The Morgan fingerprint density at radius 3 is 1.45 bits per heavy atom. The minimum Gasteiger partial charge on any atom is -0.400 e. The molecule has 0 unspecified atom stereocenters. The van der Waals surface area contributed by atoms with Crippen LogP contribution >= 0.6 is 34.8 Å². The van der Waals surface area contributed by atoms with Gasteiger partial charge in [-0.3, -0.25) is 0 Å². The predicted octanol–water partition coefficient (Wildman–Crippen LogP) is 2.37. The lowest BCUT2D eigenvalue weighted by molar-refractivity contribution is 0.287. The van der Waals surface area contributed by atoms with Crippen LogP contribution in [0.4, 0.5) is 0 Å². The maximum Gasteiger partial charge on any atom is 0.180 e. The fraction of sp³-hybridized carbons (Fsp3) is 1.00. The first-order valence-electron chi connectivity index (χ1n) is 3.13. The lowest BCUT2D eigenvalue weighted by Crippen LogP contribution is -1.75. The van der Waals surface area contributed by atoms with Gasteiger partial charge in [-0.25, -0.2) is 0 Å². The van der Waals surface area contributed by atoms with Gasteiger partial charge >= 0.3 is 0 Å². The molecule has 0 saturated heterocycles. The van der Waals surface area contributed by atoms with Gasteiger partial charge in [-0.2, -0.15) is 0 Å². The Morgan fingerprint density at radius 1 is 1.18 bits per heavy atom. The fourth-order valence-electron chi connectivity index (χ4n) is 0.158. The Labute approximate surface area is 83.1 Å². The number of rotatable bonds is 2. The third kappa shape index (κ3) is 107. The van der Waals surface area contributed by atoms with Crippen LogP contribution in [0, 0.1) is 0 Å². The molecule has 0 aromatic carbocycles. The molecule has 0 saturated carbocycles. The highest BCUT2D eigenvalue weighted by Gasteiger charge is 1.78. The molecule has 0 radical (unpaired) electrons. The van der Waals surface area contributed by atoms with Crippen molar-refractivity contribution in [3.8, 4) is 0 Å². The van der Waals surface area contributed by atoms with E-state index in [9.17, 15) is 0 Å². The van der Waals surface area contributed by atoms with Crippen molar-refractivity contribution in [3.05, 3.63) is 0 Å². The molecule has 0 atom stereocenters. The summed E-state index contributed by atoms with van der Waals surface area (Å²) in [5, 5.41) is 15.1. The van der Waals surface area contributed by atoms with Crippen LogP contribution in [-0.4, -0.2) is 28.2 Å². The molecular weight excluding hydrogens is 210 g/mol. The average Bonchev–Trinajstić information content (AvgIpc) is 1.93. The van der Waals surface area contributed by atoms with Crippen molar-refractivity contribution < 1.29 is 10.2 Å². The molecule has 0 aliphatic rings. The highest BCUT2D eigenvalue weighted by atomic mass is 35.6. The third-order valence-electron chi connectivity index (χ3n) is 0.512. The SMILES string of the molecule is CCCCO.CO.ClC(Cl)Cl. The predicted molar refractivity (Wildman–Crippen MR) is 51.5 cm³/mol. The molecule has 0 aliphatic heterocycles. The first-order valence-corrected chi connectivity index (χ1v) is 4.43. The number of alkyl halides is 3. The monoisotopic (exact) mass is 224 g/mol. The number of hydrogen-bond donors (Lipinski definition) is 2. The third-order valence-corrected chi connectivity index (χ3v) is 0.512. The second-order valence-corrected chi connectivity index (χ2v) is 3.30. The summed E-state index contributed by atoms with van der Waals surface area (Å²) in [4.78, 5) is 0. The van der Waals surface area contributed by atoms with Crippen molar-refractivity contribution in [2.45, 2.75) is 24.1 Å². The summed E-state index contributed by atoms with van der Waals surface area (Å²) in [6.07, 6.45) is 2.04. The lowest BCUT2D eigenvalue weighted by atomic mass is 10.4. The van der Waals surface area contributed by atoms with Crippen LogP contribution in [0.1, 0.15) is 19.8 Å². The smallest absolute Gasteiger partial charge is 0.180 e. The Bertz CT molecular complexity index is 40.1. The molecule has 0 fully saturated rings. The summed E-state index contributed by atoms with van der Waals surface area (Å²) >= 11 is 14.4. The molecule has 0 aromatic heterocycles. The molecular formula is C6H15Cl3O2. The van der Waals surface area contributed by atoms with E-state index in [0.717, 1.165) is 20.0 Å². The van der Waals surface area contributed by atoms with Crippen LogP contribution in [0.15, 0.2) is 0 Å². The second-order valence-electron chi connectivity index (χ2n) is 1.32. The van der Waals surface area contributed by atoms with Crippen molar-refractivity contribution in [2.75, 3.05) is 13.7 Å². The van der Waals surface area contributed by atoms with Gasteiger partial charge in [-0.1, -0.05) is 48.1 Å². The van der Waals surface area contributed by atoms with Gasteiger partial charge in [0.15, 0.2) is 4.30 Å². The van der Waals surface area contributed by atoms with Gasteiger partial charge in [0.25, 0.3) is 0 Å². The van der Waals surface area contributed by atoms with Gasteiger partial charge in [-0.15, -0.1) is 0 Å². The van der Waals surface area contributed by atoms with E-state index in [2.05, 4.69) is 6.92 Å². The van der Waals surface area contributed by atoms with E-state index in [1.54, 1.807) is 0 Å². The highest BCUT2D eigenvalue weighted by molar-refractivity contribution is 6.63. The van der Waals surface area contributed by atoms with Gasteiger partial charge in [-0.05, 0) is 6.42 Å². The minimum absolute atomic E-state index is 0.344. The second kappa shape index (κ2) is 22.4. The molecule has 2 nitrogen and oxygen atoms in total. The van der Waals surface area contributed by atoms with E-state index in [1.165, 1.54) is 0 Å². The van der Waals surface area contributed by atoms with E-state index in [1.807, 2.05) is 0 Å². The zero-order valence-corrected chi connectivity index (χ0v) is 8.99. The van der Waals surface area contributed by atoms with Gasteiger partial charge in [0.05, 0.1) is 0 Å². The summed E-state index contributed by atoms with van der Waals surface area (Å²) in [5.41, 5.74) is 0. The zero-order valence-electron chi connectivity index (χ0n) is 6.73. The number of halogens is 3. The lowest BCUT2D eigenvalue weighted by Gasteiger charge is -1.79. The number of aliphatic hydroxyl groups is 2. The maximum absolute atomic E-state index is 8.07. The van der Waals surface area contributed by atoms with E-state index in [4.69, 9.17) is 45.0 Å². The highest BCUT2D eigenvalue weighted by Crippen LogP contribution is 2.03. The topological polar surface area (TPSA) is 40.5 Å². The van der Waals surface area contributed by atoms with Crippen molar-refractivity contribution in [1.82, 2.24) is 0 Å². The quantitative estimate of drug-likeness (QED) is 0.709. The molecule has 0 rings (SSSR count). The average molecular weight is 226 g/mol. The summed E-state index contributed by atoms with van der Waals surface area (Å²) in [6, 6.07) is 0. The number of hydrogen-bond acceptors (Lipinski definition) is 2. The Kier molecular flexibility index (Phi) is 36.2. The molecule has 0 spiro atoms. The van der Waals surface area contributed by atoms with Crippen LogP contribution in [0.3, 0.4) is 0 Å². The summed E-state index contributed by atoms with van der Waals surface area (Å²) in [5.74, 6) is 0. The molecule has 2 N–H and O–H groups in total. The van der Waals surface area contributed by atoms with Crippen LogP contribution in [0.2, 0.25) is 0 Å². The van der Waals surface area contributed by atoms with Crippen LogP contribution < -0.4 is 0 Å². The van der Waals surface area contributed by atoms with Crippen molar-refractivity contribution in [2.24, 2.45) is 0 Å². The Balaban J connectivity index is -0.0000000965. The fourth-order valence-corrected chi connectivity index (χ4v) is 0.158. The van der Waals surface area contributed by atoms with Gasteiger partial charge < -0.3 is 10.2 Å². The first-order chi connectivity index (χ1) is 5.15. The molecule has 0 bridgehead atoms. The normalized spacial score (nSPS) is 7.64. The van der Waals surface area contributed by atoms with Crippen LogP contribution in [0.5, 0.6) is 0 Å². The van der Waals surface area contributed by atoms with Gasteiger partial charge in [0.1, 0.15) is 0 Å². The van der Waals surface area contributed by atoms with Crippen LogP contribution in [0.25, 0.3) is 0 Å². The van der Waals surface area contributed by atoms with Gasteiger partial charge in [0, 0.05) is 13.7 Å². The molecule has 11 heavy (non-hydrogen) atoms. The summed E-state index contributed by atoms with van der Waals surface area (Å²) in [7, 11) is 1.00. The summed E-state index contributed by atoms with van der Waals surface area (Å²) < 4.78 is -0.750. The number of aliphatic hydroxyl groups excluding tert-OH is 2. The Hall–Kier alpha value is 0.790.